The van der Waals surface area contributed by atoms with E-state index in [2.05, 4.69) is 4.98 Å². The van der Waals surface area contributed by atoms with Crippen molar-refractivity contribution in [3.63, 3.8) is 0 Å². The predicted molar refractivity (Wildman–Crippen MR) is 103 cm³/mol. The fourth-order valence-electron chi connectivity index (χ4n) is 2.76. The lowest BCUT2D eigenvalue weighted by atomic mass is 10.0. The standard InChI is InChI=1S/C19H17NO4S.ClH/c21-19(22)17(15-6-2-1-3-7-15)13-25(23,24)12-14-10-16-8-4-5-9-18(16)20-11-14;/h1-11,17H,12-13H2,(H,21,22);1H. The Kier molecular flexibility index (Phi) is 6.34. The van der Waals surface area contributed by atoms with Gasteiger partial charge in [0.25, 0.3) is 0 Å². The van der Waals surface area contributed by atoms with Crippen LogP contribution in [0.2, 0.25) is 0 Å². The van der Waals surface area contributed by atoms with Crippen molar-refractivity contribution in [2.24, 2.45) is 0 Å². The third-order valence-corrected chi connectivity index (χ3v) is 5.57. The number of fused-ring (bicyclic) bond motifs is 1. The molecule has 1 aromatic heterocycles. The van der Waals surface area contributed by atoms with E-state index in [9.17, 15) is 18.3 Å². The van der Waals surface area contributed by atoms with Crippen LogP contribution in [0.5, 0.6) is 0 Å². The first-order valence-electron chi connectivity index (χ1n) is 7.76. The molecular weight excluding hydrogens is 374 g/mol. The third kappa shape index (κ3) is 4.80. The van der Waals surface area contributed by atoms with Crippen molar-refractivity contribution < 1.29 is 18.3 Å². The zero-order chi connectivity index (χ0) is 17.9. The summed E-state index contributed by atoms with van der Waals surface area (Å²) in [6, 6.07) is 17.6. The summed E-state index contributed by atoms with van der Waals surface area (Å²) in [6.07, 6.45) is 1.53. The highest BCUT2D eigenvalue weighted by atomic mass is 35.5. The fraction of sp³-hybridized carbons (Fsp3) is 0.158. The lowest BCUT2D eigenvalue weighted by Gasteiger charge is -2.13. The van der Waals surface area contributed by atoms with E-state index in [1.54, 1.807) is 36.4 Å². The van der Waals surface area contributed by atoms with Crippen molar-refractivity contribution in [1.29, 1.82) is 0 Å². The molecule has 0 aliphatic rings. The van der Waals surface area contributed by atoms with E-state index in [1.165, 1.54) is 6.20 Å². The highest BCUT2D eigenvalue weighted by Gasteiger charge is 2.27. The molecule has 136 valence electrons. The largest absolute Gasteiger partial charge is 0.481 e. The first-order valence-corrected chi connectivity index (χ1v) is 9.58. The number of pyridine rings is 1. The highest BCUT2D eigenvalue weighted by molar-refractivity contribution is 7.90. The molecule has 0 fully saturated rings. The zero-order valence-corrected chi connectivity index (χ0v) is 15.4. The van der Waals surface area contributed by atoms with Crippen LogP contribution in [0.3, 0.4) is 0 Å². The molecule has 3 aromatic rings. The number of hydrogen-bond donors (Lipinski definition) is 1. The van der Waals surface area contributed by atoms with Gasteiger partial charge in [-0.3, -0.25) is 9.78 Å². The maximum atomic E-state index is 12.5. The van der Waals surface area contributed by atoms with Crippen LogP contribution in [0, 0.1) is 0 Å². The minimum absolute atomic E-state index is 0. The molecule has 0 amide bonds. The van der Waals surface area contributed by atoms with Gasteiger partial charge in [0.2, 0.25) is 0 Å². The molecule has 0 radical (unpaired) electrons. The lowest BCUT2D eigenvalue weighted by Crippen LogP contribution is -2.23. The molecule has 0 bridgehead atoms. The van der Waals surface area contributed by atoms with Crippen LogP contribution in [-0.2, 0) is 20.4 Å². The number of carbonyl (C=O) groups is 1. The van der Waals surface area contributed by atoms with E-state index >= 15 is 0 Å². The first-order chi connectivity index (χ1) is 11.9. The minimum atomic E-state index is -3.62. The second-order valence-electron chi connectivity index (χ2n) is 5.89. The molecule has 0 aliphatic carbocycles. The Labute approximate surface area is 158 Å². The Hall–Kier alpha value is -2.44. The van der Waals surface area contributed by atoms with Gasteiger partial charge in [-0.05, 0) is 23.3 Å². The van der Waals surface area contributed by atoms with E-state index in [0.717, 1.165) is 10.9 Å². The third-order valence-electron chi connectivity index (χ3n) is 3.95. The average Bonchev–Trinajstić information content (AvgIpc) is 2.60. The molecule has 0 spiro atoms. The summed E-state index contributed by atoms with van der Waals surface area (Å²) in [5, 5.41) is 10.3. The second kappa shape index (κ2) is 8.29. The first kappa shape index (κ1) is 19.9. The maximum absolute atomic E-state index is 12.5. The summed E-state index contributed by atoms with van der Waals surface area (Å²) in [5.41, 5.74) is 1.82. The molecule has 5 nitrogen and oxygen atoms in total. The number of aromatic nitrogens is 1. The van der Waals surface area contributed by atoms with Gasteiger partial charge in [0.1, 0.15) is 0 Å². The number of carboxylic acid groups (broad SMARTS) is 1. The number of hydrogen-bond acceptors (Lipinski definition) is 4. The van der Waals surface area contributed by atoms with E-state index < -0.39 is 27.5 Å². The van der Waals surface area contributed by atoms with Gasteiger partial charge in [0.05, 0.1) is 22.9 Å². The molecule has 0 aliphatic heterocycles. The quantitative estimate of drug-likeness (QED) is 0.695. The fourth-order valence-corrected chi connectivity index (χ4v) is 4.38. The molecule has 7 heteroatoms. The summed E-state index contributed by atoms with van der Waals surface area (Å²) >= 11 is 0. The number of nitrogens with zero attached hydrogens (tertiary/aromatic N) is 1. The molecule has 1 N–H and O–H groups in total. The van der Waals surface area contributed by atoms with Gasteiger partial charge in [-0.15, -0.1) is 12.4 Å². The van der Waals surface area contributed by atoms with Crippen molar-refractivity contribution in [3.05, 3.63) is 78.0 Å². The molecular formula is C19H18ClNO4S. The van der Waals surface area contributed by atoms with E-state index in [4.69, 9.17) is 0 Å². The monoisotopic (exact) mass is 391 g/mol. The van der Waals surface area contributed by atoms with Gasteiger partial charge in [0, 0.05) is 11.6 Å². The topological polar surface area (TPSA) is 84.3 Å². The van der Waals surface area contributed by atoms with Crippen molar-refractivity contribution in [2.75, 3.05) is 5.75 Å². The molecule has 2 aromatic carbocycles. The number of benzene rings is 2. The number of carboxylic acids is 1. The number of rotatable bonds is 6. The summed E-state index contributed by atoms with van der Waals surface area (Å²) < 4.78 is 25.1. The molecule has 1 atom stereocenters. The van der Waals surface area contributed by atoms with Gasteiger partial charge >= 0.3 is 5.97 Å². The van der Waals surface area contributed by atoms with Gasteiger partial charge in [-0.1, -0.05) is 48.5 Å². The molecule has 3 rings (SSSR count). The van der Waals surface area contributed by atoms with E-state index in [0.29, 0.717) is 11.1 Å². The van der Waals surface area contributed by atoms with Crippen LogP contribution in [-0.4, -0.2) is 30.2 Å². The van der Waals surface area contributed by atoms with Gasteiger partial charge in [-0.2, -0.15) is 0 Å². The molecule has 1 heterocycles. The number of sulfone groups is 1. The van der Waals surface area contributed by atoms with Crippen molar-refractivity contribution >= 4 is 39.1 Å². The number of halogens is 1. The number of para-hydroxylation sites is 1. The molecule has 26 heavy (non-hydrogen) atoms. The smallest absolute Gasteiger partial charge is 0.312 e. The SMILES string of the molecule is Cl.O=C(O)C(CS(=O)(=O)Cc1cnc2ccccc2c1)c1ccccc1. The van der Waals surface area contributed by atoms with Crippen LogP contribution in [0.25, 0.3) is 10.9 Å². The lowest BCUT2D eigenvalue weighted by molar-refractivity contribution is -0.138. The Morgan fingerprint density at radius 3 is 2.38 bits per heavy atom. The Morgan fingerprint density at radius 1 is 1.04 bits per heavy atom. The molecule has 0 saturated carbocycles. The maximum Gasteiger partial charge on any atom is 0.312 e. The Balaban J connectivity index is 0.00000243. The minimum Gasteiger partial charge on any atom is -0.481 e. The van der Waals surface area contributed by atoms with Crippen LogP contribution in [0.1, 0.15) is 17.0 Å². The van der Waals surface area contributed by atoms with Crippen molar-refractivity contribution in [1.82, 2.24) is 4.98 Å². The average molecular weight is 392 g/mol. The van der Waals surface area contributed by atoms with Crippen LogP contribution >= 0.6 is 12.4 Å². The predicted octanol–water partition coefficient (Wildman–Crippen LogP) is 3.44. The van der Waals surface area contributed by atoms with E-state index in [-0.39, 0.29) is 18.2 Å². The summed E-state index contributed by atoms with van der Waals surface area (Å²) in [5.74, 6) is -2.91. The van der Waals surface area contributed by atoms with Crippen LogP contribution in [0.15, 0.2) is 66.9 Å². The highest BCUT2D eigenvalue weighted by Crippen LogP contribution is 2.21. The van der Waals surface area contributed by atoms with Crippen molar-refractivity contribution in [2.45, 2.75) is 11.7 Å². The summed E-state index contributed by atoms with van der Waals surface area (Å²) in [7, 11) is -3.62. The normalized spacial score (nSPS) is 12.3. The Bertz CT molecular complexity index is 1010. The van der Waals surface area contributed by atoms with E-state index in [1.807, 2.05) is 24.3 Å². The van der Waals surface area contributed by atoms with Crippen LogP contribution < -0.4 is 0 Å². The summed E-state index contributed by atoms with van der Waals surface area (Å²) in [6.45, 7) is 0. The van der Waals surface area contributed by atoms with Crippen LogP contribution in [0.4, 0.5) is 0 Å². The molecule has 1 unspecified atom stereocenters. The molecule has 0 saturated heterocycles. The van der Waals surface area contributed by atoms with Gasteiger partial charge in [0.15, 0.2) is 9.84 Å². The van der Waals surface area contributed by atoms with Crippen molar-refractivity contribution in [3.8, 4) is 0 Å². The Morgan fingerprint density at radius 2 is 1.69 bits per heavy atom. The van der Waals surface area contributed by atoms with Gasteiger partial charge in [-0.25, -0.2) is 8.42 Å². The number of aliphatic carboxylic acids is 1. The summed E-state index contributed by atoms with van der Waals surface area (Å²) in [4.78, 5) is 15.8. The van der Waals surface area contributed by atoms with Gasteiger partial charge < -0.3 is 5.11 Å². The zero-order valence-electron chi connectivity index (χ0n) is 13.8. The second-order valence-corrected chi connectivity index (χ2v) is 8.00.